The molecule has 0 fully saturated rings. The van der Waals surface area contributed by atoms with Gasteiger partial charge in [0.15, 0.2) is 13.9 Å². The van der Waals surface area contributed by atoms with Crippen molar-refractivity contribution in [3.05, 3.63) is 59.7 Å². The molecule has 1 atom stereocenters. The van der Waals surface area contributed by atoms with Crippen molar-refractivity contribution in [2.24, 2.45) is 0 Å². The summed E-state index contributed by atoms with van der Waals surface area (Å²) in [7, 11) is -1.94. The van der Waals surface area contributed by atoms with Crippen LogP contribution in [-0.2, 0) is 15.4 Å². The van der Waals surface area contributed by atoms with Gasteiger partial charge in [0.25, 0.3) is 0 Å². The van der Waals surface area contributed by atoms with Crippen molar-refractivity contribution in [2.75, 3.05) is 0 Å². The monoisotopic (exact) mass is 321 g/mol. The van der Waals surface area contributed by atoms with Gasteiger partial charge in [-0.3, -0.25) is 0 Å². The van der Waals surface area contributed by atoms with E-state index in [1.807, 2.05) is 18.2 Å². The van der Waals surface area contributed by atoms with E-state index >= 15 is 0 Å². The van der Waals surface area contributed by atoms with Gasteiger partial charge in [-0.2, -0.15) is 5.26 Å². The van der Waals surface area contributed by atoms with E-state index in [0.29, 0.717) is 0 Å². The zero-order valence-electron chi connectivity index (χ0n) is 14.5. The topological polar surface area (TPSA) is 33.0 Å². The van der Waals surface area contributed by atoms with Crippen LogP contribution in [0.25, 0.3) is 11.1 Å². The molecule has 3 heteroatoms. The van der Waals surface area contributed by atoms with E-state index < -0.39 is 19.3 Å². The second kappa shape index (κ2) is 5.05. The van der Waals surface area contributed by atoms with Crippen molar-refractivity contribution in [3.63, 3.8) is 0 Å². The molecule has 0 amide bonds. The SMILES string of the molecule is CC1(C)c2ccccc2-c2ccccc2C1(C#N)O[Si](C)(C)C. The first-order valence-corrected chi connectivity index (χ1v) is 11.4. The van der Waals surface area contributed by atoms with E-state index in [-0.39, 0.29) is 0 Å². The van der Waals surface area contributed by atoms with Gasteiger partial charge < -0.3 is 4.43 Å². The highest BCUT2D eigenvalue weighted by Crippen LogP contribution is 2.55. The minimum atomic E-state index is -1.94. The number of hydrogen-bond donors (Lipinski definition) is 0. The summed E-state index contributed by atoms with van der Waals surface area (Å²) in [5.41, 5.74) is 3.11. The Morgan fingerprint density at radius 1 is 0.870 bits per heavy atom. The average Bonchev–Trinajstić information content (AvgIpc) is 2.51. The van der Waals surface area contributed by atoms with Crippen LogP contribution in [0.5, 0.6) is 0 Å². The summed E-state index contributed by atoms with van der Waals surface area (Å²) >= 11 is 0. The van der Waals surface area contributed by atoms with Crippen molar-refractivity contribution in [1.29, 1.82) is 5.26 Å². The molecule has 0 heterocycles. The molecule has 2 aromatic carbocycles. The lowest BCUT2D eigenvalue weighted by Gasteiger charge is -2.49. The van der Waals surface area contributed by atoms with Gasteiger partial charge in [-0.15, -0.1) is 0 Å². The zero-order valence-corrected chi connectivity index (χ0v) is 15.5. The normalized spacial score (nSPS) is 21.9. The molecule has 0 aliphatic heterocycles. The molecule has 0 N–H and O–H groups in total. The first kappa shape index (κ1) is 16.0. The van der Waals surface area contributed by atoms with Crippen LogP contribution < -0.4 is 0 Å². The second-order valence-corrected chi connectivity index (χ2v) is 12.2. The Hall–Kier alpha value is -1.89. The maximum absolute atomic E-state index is 10.3. The predicted molar refractivity (Wildman–Crippen MR) is 96.6 cm³/mol. The molecule has 1 aliphatic carbocycles. The molecule has 0 spiro atoms. The Labute approximate surface area is 139 Å². The summed E-state index contributed by atoms with van der Waals surface area (Å²) in [6.07, 6.45) is 0. The van der Waals surface area contributed by atoms with E-state index in [4.69, 9.17) is 4.43 Å². The van der Waals surface area contributed by atoms with Gasteiger partial charge in [0.2, 0.25) is 0 Å². The van der Waals surface area contributed by atoms with E-state index in [0.717, 1.165) is 11.1 Å². The maximum atomic E-state index is 10.3. The van der Waals surface area contributed by atoms with Crippen LogP contribution in [0, 0.1) is 11.3 Å². The van der Waals surface area contributed by atoms with Gasteiger partial charge in [-0.05, 0) is 36.3 Å². The van der Waals surface area contributed by atoms with Crippen molar-refractivity contribution < 1.29 is 4.43 Å². The van der Waals surface area contributed by atoms with Crippen molar-refractivity contribution in [1.82, 2.24) is 0 Å². The Bertz CT molecular complexity index is 798. The van der Waals surface area contributed by atoms with Gasteiger partial charge in [0, 0.05) is 11.0 Å². The van der Waals surface area contributed by atoms with Crippen LogP contribution in [0.2, 0.25) is 19.6 Å². The van der Waals surface area contributed by atoms with Crippen LogP contribution >= 0.6 is 0 Å². The molecule has 0 aromatic heterocycles. The number of fused-ring (bicyclic) bond motifs is 3. The largest absolute Gasteiger partial charge is 0.396 e. The minimum absolute atomic E-state index is 0.424. The second-order valence-electron chi connectivity index (χ2n) is 7.72. The molecule has 118 valence electrons. The lowest BCUT2D eigenvalue weighted by atomic mass is 9.61. The summed E-state index contributed by atoms with van der Waals surface area (Å²) in [6, 6.07) is 19.1. The predicted octanol–water partition coefficient (Wildman–Crippen LogP) is 5.22. The molecule has 3 rings (SSSR count). The lowest BCUT2D eigenvalue weighted by Crippen LogP contribution is -2.53. The molecular formula is C20H23NOSi. The number of benzene rings is 2. The molecule has 1 aliphatic rings. The summed E-state index contributed by atoms with van der Waals surface area (Å²) in [6.45, 7) is 10.7. The zero-order chi connectivity index (χ0) is 16.9. The van der Waals surface area contributed by atoms with E-state index in [2.05, 4.69) is 69.9 Å². The van der Waals surface area contributed by atoms with Crippen LogP contribution in [0.1, 0.15) is 25.0 Å². The van der Waals surface area contributed by atoms with E-state index in [9.17, 15) is 5.26 Å². The summed E-state index contributed by atoms with van der Waals surface area (Å²) in [5, 5.41) is 10.3. The van der Waals surface area contributed by atoms with Crippen LogP contribution in [-0.4, -0.2) is 8.32 Å². The summed E-state index contributed by atoms with van der Waals surface area (Å²) in [5.74, 6) is 0. The molecule has 0 saturated heterocycles. The average molecular weight is 321 g/mol. The van der Waals surface area contributed by atoms with Gasteiger partial charge in [-0.25, -0.2) is 0 Å². The summed E-state index contributed by atoms with van der Waals surface area (Å²) < 4.78 is 6.59. The fourth-order valence-electron chi connectivity index (χ4n) is 3.68. The Kier molecular flexibility index (Phi) is 3.51. The quantitative estimate of drug-likeness (QED) is 0.711. The third-order valence-corrected chi connectivity index (χ3v) is 5.61. The number of hydrogen-bond acceptors (Lipinski definition) is 2. The van der Waals surface area contributed by atoms with E-state index in [1.165, 1.54) is 11.1 Å². The third kappa shape index (κ3) is 2.25. The highest BCUT2D eigenvalue weighted by molar-refractivity contribution is 6.69. The molecule has 1 unspecified atom stereocenters. The Morgan fingerprint density at radius 3 is 1.87 bits per heavy atom. The van der Waals surface area contributed by atoms with Crippen LogP contribution in [0.3, 0.4) is 0 Å². The van der Waals surface area contributed by atoms with E-state index in [1.54, 1.807) is 0 Å². The molecular weight excluding hydrogens is 298 g/mol. The Balaban J connectivity index is 2.40. The number of nitriles is 1. The lowest BCUT2D eigenvalue weighted by molar-refractivity contribution is 0.0413. The van der Waals surface area contributed by atoms with Gasteiger partial charge in [-0.1, -0.05) is 62.4 Å². The molecule has 0 bridgehead atoms. The molecule has 0 radical (unpaired) electrons. The third-order valence-electron chi connectivity index (χ3n) is 4.69. The van der Waals surface area contributed by atoms with Gasteiger partial charge >= 0.3 is 0 Å². The number of nitrogens with zero attached hydrogens (tertiary/aromatic N) is 1. The van der Waals surface area contributed by atoms with Crippen molar-refractivity contribution in [2.45, 2.75) is 44.5 Å². The first-order valence-electron chi connectivity index (χ1n) is 8.04. The van der Waals surface area contributed by atoms with Crippen LogP contribution in [0.4, 0.5) is 0 Å². The smallest absolute Gasteiger partial charge is 0.186 e. The fourth-order valence-corrected chi connectivity index (χ4v) is 5.01. The fraction of sp³-hybridized carbons (Fsp3) is 0.350. The van der Waals surface area contributed by atoms with Crippen molar-refractivity contribution in [3.8, 4) is 17.2 Å². The Morgan fingerprint density at radius 2 is 1.35 bits per heavy atom. The highest BCUT2D eigenvalue weighted by atomic mass is 28.4. The van der Waals surface area contributed by atoms with Gasteiger partial charge in [0.05, 0.1) is 0 Å². The van der Waals surface area contributed by atoms with Crippen LogP contribution in [0.15, 0.2) is 48.5 Å². The highest BCUT2D eigenvalue weighted by Gasteiger charge is 2.55. The maximum Gasteiger partial charge on any atom is 0.186 e. The minimum Gasteiger partial charge on any atom is -0.396 e. The first-order chi connectivity index (χ1) is 10.7. The summed E-state index contributed by atoms with van der Waals surface area (Å²) in [4.78, 5) is 0. The molecule has 2 nitrogen and oxygen atoms in total. The molecule has 2 aromatic rings. The standard InChI is InChI=1S/C20H23NOSi/c1-19(2)17-12-8-6-10-15(17)16-11-7-9-13-18(16)20(19,14-21)22-23(3,4)5/h6-13H,1-5H3. The van der Waals surface area contributed by atoms with Crippen molar-refractivity contribution >= 4 is 8.32 Å². The van der Waals surface area contributed by atoms with Gasteiger partial charge in [0.1, 0.15) is 6.07 Å². The molecule has 23 heavy (non-hydrogen) atoms. The molecule has 0 saturated carbocycles. The number of rotatable bonds is 2.